The van der Waals surface area contributed by atoms with Crippen LogP contribution in [-0.4, -0.2) is 12.3 Å². The third-order valence-corrected chi connectivity index (χ3v) is 3.13. The smallest absolute Gasteiger partial charge is 0.181 e. The van der Waals surface area contributed by atoms with Crippen molar-refractivity contribution >= 4 is 28.8 Å². The van der Waals surface area contributed by atoms with E-state index in [0.717, 1.165) is 11.3 Å². The Balaban J connectivity index is 2.03. The Hall–Kier alpha value is -2.00. The molecule has 98 valence electrons. The van der Waals surface area contributed by atoms with Crippen LogP contribution in [0.4, 0.5) is 11.4 Å². The van der Waals surface area contributed by atoms with Crippen molar-refractivity contribution < 1.29 is 4.79 Å². The SMILES string of the molecule is Cc1cccc(NCC(=O)c2ccc(Cl)c(N)c2)c1. The van der Waals surface area contributed by atoms with Gasteiger partial charge in [0.1, 0.15) is 0 Å². The van der Waals surface area contributed by atoms with Crippen molar-refractivity contribution in [2.24, 2.45) is 0 Å². The Morgan fingerprint density at radius 1 is 1.26 bits per heavy atom. The minimum Gasteiger partial charge on any atom is -0.398 e. The first-order valence-electron chi connectivity index (χ1n) is 5.95. The number of anilines is 2. The molecule has 3 nitrogen and oxygen atoms in total. The lowest BCUT2D eigenvalue weighted by molar-refractivity contribution is 0.101. The van der Waals surface area contributed by atoms with Crippen molar-refractivity contribution in [3.05, 3.63) is 58.6 Å². The van der Waals surface area contributed by atoms with E-state index in [4.69, 9.17) is 17.3 Å². The van der Waals surface area contributed by atoms with Gasteiger partial charge in [0.05, 0.1) is 17.3 Å². The molecule has 0 aliphatic rings. The van der Waals surface area contributed by atoms with Gasteiger partial charge in [-0.25, -0.2) is 0 Å². The van der Waals surface area contributed by atoms with Crippen molar-refractivity contribution in [2.45, 2.75) is 6.92 Å². The first-order chi connectivity index (χ1) is 9.06. The number of hydrogen-bond donors (Lipinski definition) is 2. The van der Waals surface area contributed by atoms with E-state index in [-0.39, 0.29) is 12.3 Å². The Labute approximate surface area is 117 Å². The summed E-state index contributed by atoms with van der Waals surface area (Å²) in [6.45, 7) is 2.23. The Bertz CT molecular complexity index is 611. The minimum absolute atomic E-state index is 0.0233. The average Bonchev–Trinajstić information content (AvgIpc) is 2.39. The number of aryl methyl sites for hydroxylation is 1. The summed E-state index contributed by atoms with van der Waals surface area (Å²) in [7, 11) is 0. The molecule has 0 aliphatic carbocycles. The molecule has 0 amide bonds. The molecule has 19 heavy (non-hydrogen) atoms. The number of Topliss-reactive ketones (excluding diaryl/α,β-unsaturated/α-hetero) is 1. The van der Waals surface area contributed by atoms with Gasteiger partial charge in [0, 0.05) is 11.3 Å². The summed E-state index contributed by atoms with van der Waals surface area (Å²) < 4.78 is 0. The standard InChI is InChI=1S/C15H15ClN2O/c1-10-3-2-4-12(7-10)18-9-15(19)11-5-6-13(16)14(17)8-11/h2-8,18H,9,17H2,1H3. The van der Waals surface area contributed by atoms with Crippen LogP contribution in [0.15, 0.2) is 42.5 Å². The molecule has 0 unspecified atom stereocenters. The van der Waals surface area contributed by atoms with Crippen LogP contribution in [0.1, 0.15) is 15.9 Å². The number of carbonyl (C=O) groups is 1. The second-order valence-corrected chi connectivity index (χ2v) is 4.79. The van der Waals surface area contributed by atoms with E-state index < -0.39 is 0 Å². The fourth-order valence-corrected chi connectivity index (χ4v) is 1.87. The molecule has 4 heteroatoms. The second-order valence-electron chi connectivity index (χ2n) is 4.38. The zero-order valence-corrected chi connectivity index (χ0v) is 11.4. The molecule has 3 N–H and O–H groups in total. The van der Waals surface area contributed by atoms with E-state index in [1.807, 2.05) is 31.2 Å². The molecule has 0 aliphatic heterocycles. The number of nitrogens with two attached hydrogens (primary N) is 1. The topological polar surface area (TPSA) is 55.1 Å². The minimum atomic E-state index is -0.0233. The van der Waals surface area contributed by atoms with Crippen LogP contribution in [0.25, 0.3) is 0 Å². The maximum atomic E-state index is 12.0. The number of carbonyl (C=O) groups excluding carboxylic acids is 1. The van der Waals surface area contributed by atoms with Gasteiger partial charge in [0.25, 0.3) is 0 Å². The van der Waals surface area contributed by atoms with Crippen molar-refractivity contribution in [1.29, 1.82) is 0 Å². The second kappa shape index (κ2) is 5.76. The summed E-state index contributed by atoms with van der Waals surface area (Å²) >= 11 is 5.82. The fourth-order valence-electron chi connectivity index (χ4n) is 1.76. The first kappa shape index (κ1) is 13.4. The monoisotopic (exact) mass is 274 g/mol. The summed E-state index contributed by atoms with van der Waals surface area (Å²) in [5, 5.41) is 3.56. The van der Waals surface area contributed by atoms with Gasteiger partial charge in [0.15, 0.2) is 5.78 Å². The number of benzene rings is 2. The van der Waals surface area contributed by atoms with Gasteiger partial charge in [-0.2, -0.15) is 0 Å². The molecule has 0 saturated carbocycles. The highest BCUT2D eigenvalue weighted by molar-refractivity contribution is 6.33. The van der Waals surface area contributed by atoms with Crippen LogP contribution in [0.3, 0.4) is 0 Å². The molecule has 0 spiro atoms. The van der Waals surface area contributed by atoms with Crippen LogP contribution >= 0.6 is 11.6 Å². The molecule has 0 radical (unpaired) electrons. The highest BCUT2D eigenvalue weighted by atomic mass is 35.5. The van der Waals surface area contributed by atoms with E-state index in [9.17, 15) is 4.79 Å². The predicted octanol–water partition coefficient (Wildman–Crippen LogP) is 3.53. The number of nitrogen functional groups attached to an aromatic ring is 1. The van der Waals surface area contributed by atoms with Gasteiger partial charge in [-0.3, -0.25) is 4.79 Å². The van der Waals surface area contributed by atoms with E-state index >= 15 is 0 Å². The molecule has 0 fully saturated rings. The van der Waals surface area contributed by atoms with Crippen LogP contribution in [-0.2, 0) is 0 Å². The molecule has 2 rings (SSSR count). The maximum Gasteiger partial charge on any atom is 0.181 e. The largest absolute Gasteiger partial charge is 0.398 e. The number of hydrogen-bond acceptors (Lipinski definition) is 3. The van der Waals surface area contributed by atoms with Crippen molar-refractivity contribution in [3.8, 4) is 0 Å². The molecule has 2 aromatic carbocycles. The summed E-state index contributed by atoms with van der Waals surface area (Å²) in [6.07, 6.45) is 0. The van der Waals surface area contributed by atoms with Gasteiger partial charge >= 0.3 is 0 Å². The molecule has 0 atom stereocenters. The third kappa shape index (κ3) is 3.48. The summed E-state index contributed by atoms with van der Waals surface area (Å²) in [6, 6.07) is 12.8. The van der Waals surface area contributed by atoms with Crippen molar-refractivity contribution in [3.63, 3.8) is 0 Å². The Morgan fingerprint density at radius 3 is 2.74 bits per heavy atom. The Kier molecular flexibility index (Phi) is 4.07. The van der Waals surface area contributed by atoms with Crippen LogP contribution in [0.2, 0.25) is 5.02 Å². The number of halogens is 1. The molecular formula is C15H15ClN2O. The van der Waals surface area contributed by atoms with Crippen molar-refractivity contribution in [2.75, 3.05) is 17.6 Å². The van der Waals surface area contributed by atoms with Crippen molar-refractivity contribution in [1.82, 2.24) is 0 Å². The summed E-state index contributed by atoms with van der Waals surface area (Å²) in [5.41, 5.74) is 8.73. The lowest BCUT2D eigenvalue weighted by Crippen LogP contribution is -2.14. The Morgan fingerprint density at radius 2 is 2.05 bits per heavy atom. The molecule has 2 aromatic rings. The molecule has 0 saturated heterocycles. The first-order valence-corrected chi connectivity index (χ1v) is 6.33. The van der Waals surface area contributed by atoms with Gasteiger partial charge in [-0.1, -0.05) is 23.7 Å². The summed E-state index contributed by atoms with van der Waals surface area (Å²) in [4.78, 5) is 12.0. The highest BCUT2D eigenvalue weighted by Crippen LogP contribution is 2.20. The summed E-state index contributed by atoms with van der Waals surface area (Å²) in [5.74, 6) is -0.0233. The average molecular weight is 275 g/mol. The molecule has 0 heterocycles. The van der Waals surface area contributed by atoms with Gasteiger partial charge in [-0.15, -0.1) is 0 Å². The van der Waals surface area contributed by atoms with Gasteiger partial charge in [-0.05, 0) is 42.8 Å². The molecule has 0 aromatic heterocycles. The highest BCUT2D eigenvalue weighted by Gasteiger charge is 2.07. The van der Waals surface area contributed by atoms with Crippen LogP contribution in [0.5, 0.6) is 0 Å². The predicted molar refractivity (Wildman–Crippen MR) is 79.9 cm³/mol. The lowest BCUT2D eigenvalue weighted by atomic mass is 10.1. The maximum absolute atomic E-state index is 12.0. The zero-order valence-electron chi connectivity index (χ0n) is 10.6. The quantitative estimate of drug-likeness (QED) is 0.662. The van der Waals surface area contributed by atoms with E-state index in [1.54, 1.807) is 18.2 Å². The van der Waals surface area contributed by atoms with E-state index in [2.05, 4.69) is 5.32 Å². The van der Waals surface area contributed by atoms with Crippen LogP contribution in [0, 0.1) is 6.92 Å². The number of nitrogens with one attached hydrogen (secondary N) is 1. The number of rotatable bonds is 4. The van der Waals surface area contributed by atoms with Gasteiger partial charge in [0.2, 0.25) is 0 Å². The van der Waals surface area contributed by atoms with Crippen LogP contribution < -0.4 is 11.1 Å². The fraction of sp³-hybridized carbons (Fsp3) is 0.133. The van der Waals surface area contributed by atoms with E-state index in [1.165, 1.54) is 0 Å². The van der Waals surface area contributed by atoms with Gasteiger partial charge < -0.3 is 11.1 Å². The third-order valence-electron chi connectivity index (χ3n) is 2.79. The molecule has 0 bridgehead atoms. The number of ketones is 1. The normalized spacial score (nSPS) is 10.2. The lowest BCUT2D eigenvalue weighted by Gasteiger charge is -2.07. The van der Waals surface area contributed by atoms with E-state index in [0.29, 0.717) is 16.3 Å². The zero-order chi connectivity index (χ0) is 13.8. The molecular weight excluding hydrogens is 260 g/mol.